The number of nitrogens with zero attached hydrogens (tertiary/aromatic N) is 1. The predicted molar refractivity (Wildman–Crippen MR) is 99.6 cm³/mol. The van der Waals surface area contributed by atoms with Crippen molar-refractivity contribution in [3.63, 3.8) is 0 Å². The summed E-state index contributed by atoms with van der Waals surface area (Å²) in [5, 5.41) is 5.15. The van der Waals surface area contributed by atoms with Crippen LogP contribution in [0.15, 0.2) is 70.6 Å². The molecular formula is C18H18N2O3S2. The molecule has 2 aromatic carbocycles. The molecular weight excluding hydrogens is 356 g/mol. The van der Waals surface area contributed by atoms with Crippen molar-refractivity contribution in [3.8, 4) is 16.9 Å². The minimum atomic E-state index is -3.71. The minimum Gasteiger partial charge on any atom is -0.316 e. The monoisotopic (exact) mass is 374 g/mol. The van der Waals surface area contributed by atoms with Gasteiger partial charge in [0.25, 0.3) is 0 Å². The molecule has 0 bridgehead atoms. The molecule has 0 aliphatic heterocycles. The number of rotatable bonds is 4. The number of primary sulfonamides is 1. The zero-order valence-electron chi connectivity index (χ0n) is 13.8. The lowest BCUT2D eigenvalue weighted by molar-refractivity contribution is 0.598. The van der Waals surface area contributed by atoms with Crippen molar-refractivity contribution in [2.24, 2.45) is 5.14 Å². The van der Waals surface area contributed by atoms with Crippen LogP contribution in [0.2, 0.25) is 0 Å². The van der Waals surface area contributed by atoms with Crippen molar-refractivity contribution in [2.45, 2.75) is 16.7 Å². The lowest BCUT2D eigenvalue weighted by Gasteiger charge is -2.10. The Morgan fingerprint density at radius 2 is 1.60 bits per heavy atom. The minimum absolute atomic E-state index is 0.0841. The first-order chi connectivity index (χ1) is 11.8. The van der Waals surface area contributed by atoms with E-state index in [-0.39, 0.29) is 4.90 Å². The summed E-state index contributed by atoms with van der Waals surface area (Å²) in [6, 6.07) is 16.0. The topological polar surface area (TPSA) is 82.2 Å². The molecule has 0 amide bonds. The molecule has 0 saturated carbocycles. The fourth-order valence-corrected chi connectivity index (χ4v) is 3.68. The van der Waals surface area contributed by atoms with Gasteiger partial charge in [0.1, 0.15) is 0 Å². The molecule has 1 aromatic heterocycles. The van der Waals surface area contributed by atoms with Crippen molar-refractivity contribution >= 4 is 20.8 Å². The number of hydrogen-bond donors (Lipinski definition) is 1. The van der Waals surface area contributed by atoms with Crippen LogP contribution in [-0.2, 0) is 20.8 Å². The van der Waals surface area contributed by atoms with E-state index in [9.17, 15) is 12.6 Å². The zero-order chi connectivity index (χ0) is 18.2. The largest absolute Gasteiger partial charge is 0.316 e. The van der Waals surface area contributed by atoms with Gasteiger partial charge in [0, 0.05) is 33.8 Å². The number of benzene rings is 2. The normalized spacial score (nSPS) is 12.9. The second-order valence-electron chi connectivity index (χ2n) is 5.79. The van der Waals surface area contributed by atoms with Gasteiger partial charge in [-0.1, -0.05) is 12.1 Å². The molecule has 3 aromatic rings. The lowest BCUT2D eigenvalue weighted by atomic mass is 10.1. The predicted octanol–water partition coefficient (Wildman–Crippen LogP) is 2.84. The van der Waals surface area contributed by atoms with Crippen LogP contribution >= 0.6 is 0 Å². The second kappa shape index (κ2) is 6.59. The third-order valence-corrected chi connectivity index (χ3v) is 5.75. The number of aryl methyl sites for hydroxylation is 1. The molecule has 25 heavy (non-hydrogen) atoms. The second-order valence-corrected chi connectivity index (χ2v) is 8.73. The molecule has 0 fully saturated rings. The van der Waals surface area contributed by atoms with Crippen molar-refractivity contribution in [1.29, 1.82) is 0 Å². The molecule has 5 nitrogen and oxygen atoms in total. The summed E-state index contributed by atoms with van der Waals surface area (Å²) in [6.45, 7) is 1.99. The first-order valence-corrected chi connectivity index (χ1v) is 10.6. The highest BCUT2D eigenvalue weighted by atomic mass is 32.2. The number of hydrogen-bond acceptors (Lipinski definition) is 3. The van der Waals surface area contributed by atoms with Crippen molar-refractivity contribution in [2.75, 3.05) is 6.26 Å². The smallest absolute Gasteiger partial charge is 0.238 e. The van der Waals surface area contributed by atoms with Crippen molar-refractivity contribution < 1.29 is 12.6 Å². The Kier molecular flexibility index (Phi) is 4.64. The summed E-state index contributed by atoms with van der Waals surface area (Å²) in [5.74, 6) is 0. The average Bonchev–Trinajstić information content (AvgIpc) is 2.96. The first kappa shape index (κ1) is 17.6. The van der Waals surface area contributed by atoms with Gasteiger partial charge in [-0.25, -0.2) is 13.6 Å². The molecule has 1 heterocycles. The average molecular weight is 374 g/mol. The molecule has 0 aliphatic carbocycles. The maximum absolute atomic E-state index is 11.5. The van der Waals surface area contributed by atoms with Gasteiger partial charge in [-0.2, -0.15) is 0 Å². The number of nitrogens with two attached hydrogens (primary N) is 1. The molecule has 0 spiro atoms. The highest BCUT2D eigenvalue weighted by Gasteiger charge is 2.11. The van der Waals surface area contributed by atoms with E-state index in [1.165, 1.54) is 12.1 Å². The standard InChI is InChI=1S/C18H18N2O3S2/c1-13-11-18(14-3-9-17(10-4-14)25(19,22)23)20(12-13)15-5-7-16(8-6-15)24(2)21/h3-12H,1-2H3,(H2,19,22,23). The van der Waals surface area contributed by atoms with Crippen LogP contribution in [-0.4, -0.2) is 23.4 Å². The van der Waals surface area contributed by atoms with Crippen molar-refractivity contribution in [1.82, 2.24) is 4.57 Å². The molecule has 2 N–H and O–H groups in total. The molecule has 7 heteroatoms. The summed E-state index contributed by atoms with van der Waals surface area (Å²) < 4.78 is 36.4. The van der Waals surface area contributed by atoms with E-state index in [1.54, 1.807) is 18.4 Å². The summed E-state index contributed by atoms with van der Waals surface area (Å²) in [4.78, 5) is 0.854. The molecule has 3 rings (SSSR count). The summed E-state index contributed by atoms with van der Waals surface area (Å²) >= 11 is 0. The third-order valence-electron chi connectivity index (χ3n) is 3.88. The van der Waals surface area contributed by atoms with Gasteiger partial charge in [-0.05, 0) is 60.5 Å². The Balaban J connectivity index is 2.05. The van der Waals surface area contributed by atoms with E-state index in [1.807, 2.05) is 48.0 Å². The van der Waals surface area contributed by atoms with Crippen LogP contribution in [0.25, 0.3) is 16.9 Å². The van der Waals surface area contributed by atoms with Crippen LogP contribution in [0.1, 0.15) is 5.56 Å². The van der Waals surface area contributed by atoms with Crippen LogP contribution in [0.4, 0.5) is 0 Å². The number of sulfonamides is 1. The van der Waals surface area contributed by atoms with Gasteiger partial charge in [-0.15, -0.1) is 0 Å². The molecule has 0 aliphatic rings. The van der Waals surface area contributed by atoms with E-state index in [0.29, 0.717) is 0 Å². The Morgan fingerprint density at radius 3 is 2.12 bits per heavy atom. The van der Waals surface area contributed by atoms with Crippen molar-refractivity contribution in [3.05, 3.63) is 66.4 Å². The Bertz CT molecular complexity index is 1030. The maximum atomic E-state index is 11.5. The number of aromatic nitrogens is 1. The SMILES string of the molecule is Cc1cc(-c2ccc(S(N)(=O)=O)cc2)n(-c2ccc(S(C)=O)cc2)c1. The van der Waals surface area contributed by atoms with Crippen LogP contribution < -0.4 is 5.14 Å². The van der Waals surface area contributed by atoms with Gasteiger partial charge in [0.05, 0.1) is 10.6 Å². The molecule has 0 radical (unpaired) electrons. The van der Waals surface area contributed by atoms with Gasteiger partial charge < -0.3 is 4.57 Å². The molecule has 130 valence electrons. The lowest BCUT2D eigenvalue weighted by Crippen LogP contribution is -2.11. The summed E-state index contributed by atoms with van der Waals surface area (Å²) in [7, 11) is -4.73. The first-order valence-electron chi connectivity index (χ1n) is 7.52. The Morgan fingerprint density at radius 1 is 1.00 bits per heavy atom. The quantitative estimate of drug-likeness (QED) is 0.762. The molecule has 0 saturated heterocycles. The van der Waals surface area contributed by atoms with Gasteiger partial charge in [0.15, 0.2) is 0 Å². The van der Waals surface area contributed by atoms with E-state index in [0.717, 1.165) is 27.4 Å². The summed E-state index contributed by atoms with van der Waals surface area (Å²) in [6.07, 6.45) is 3.65. The van der Waals surface area contributed by atoms with Crippen LogP contribution in [0.5, 0.6) is 0 Å². The molecule has 1 atom stereocenters. The van der Waals surface area contributed by atoms with Gasteiger partial charge >= 0.3 is 0 Å². The molecule has 1 unspecified atom stereocenters. The van der Waals surface area contributed by atoms with Gasteiger partial charge in [0.2, 0.25) is 10.0 Å². The van der Waals surface area contributed by atoms with E-state index >= 15 is 0 Å². The fourth-order valence-electron chi connectivity index (χ4n) is 2.65. The van der Waals surface area contributed by atoms with E-state index in [2.05, 4.69) is 0 Å². The van der Waals surface area contributed by atoms with Gasteiger partial charge in [-0.3, -0.25) is 4.21 Å². The summed E-state index contributed by atoms with van der Waals surface area (Å²) in [5.41, 5.74) is 3.83. The van der Waals surface area contributed by atoms with Crippen LogP contribution in [0.3, 0.4) is 0 Å². The highest BCUT2D eigenvalue weighted by Crippen LogP contribution is 2.27. The zero-order valence-corrected chi connectivity index (χ0v) is 15.5. The van der Waals surface area contributed by atoms with E-state index in [4.69, 9.17) is 5.14 Å². The van der Waals surface area contributed by atoms with E-state index < -0.39 is 20.8 Å². The highest BCUT2D eigenvalue weighted by molar-refractivity contribution is 7.89. The fraction of sp³-hybridized carbons (Fsp3) is 0.111. The third kappa shape index (κ3) is 3.73. The maximum Gasteiger partial charge on any atom is 0.238 e. The Hall–Kier alpha value is -2.22. The Labute approximate surface area is 149 Å². The van der Waals surface area contributed by atoms with Crippen LogP contribution in [0, 0.1) is 6.92 Å².